The Bertz CT molecular complexity index is 725. The summed E-state index contributed by atoms with van der Waals surface area (Å²) in [5, 5.41) is 0. The molecule has 0 saturated carbocycles. The van der Waals surface area contributed by atoms with Gasteiger partial charge in [-0.1, -0.05) is 36.4 Å². The summed E-state index contributed by atoms with van der Waals surface area (Å²) in [7, 11) is 2.20. The van der Waals surface area contributed by atoms with E-state index in [2.05, 4.69) is 47.2 Å². The average molecular weight is 365 g/mol. The lowest BCUT2D eigenvalue weighted by Crippen LogP contribution is -2.28. The lowest BCUT2D eigenvalue weighted by molar-refractivity contribution is 0.224. The Labute approximate surface area is 153 Å². The first-order valence-electron chi connectivity index (χ1n) is 8.53. The van der Waals surface area contributed by atoms with Gasteiger partial charge < -0.3 is 0 Å². The van der Waals surface area contributed by atoms with Gasteiger partial charge in [-0.15, -0.1) is 12.4 Å². The molecule has 25 heavy (non-hydrogen) atoms. The predicted octanol–water partition coefficient (Wildman–Crippen LogP) is 4.12. The van der Waals surface area contributed by atoms with Gasteiger partial charge in [0.15, 0.2) is 11.6 Å². The van der Waals surface area contributed by atoms with E-state index in [4.69, 9.17) is 0 Å². The minimum absolute atomic E-state index is 0. The number of rotatable bonds is 3. The van der Waals surface area contributed by atoms with E-state index < -0.39 is 11.6 Å². The summed E-state index contributed by atoms with van der Waals surface area (Å²) < 4.78 is 26.5. The molecule has 0 aromatic heterocycles. The highest BCUT2D eigenvalue weighted by Gasteiger charge is 2.45. The second kappa shape index (κ2) is 7.40. The van der Waals surface area contributed by atoms with Crippen LogP contribution in [0, 0.1) is 23.5 Å². The molecule has 2 nitrogen and oxygen atoms in total. The summed E-state index contributed by atoms with van der Waals surface area (Å²) in [4.78, 5) is 4.84. The topological polar surface area (TPSA) is 6.48 Å². The molecule has 0 radical (unpaired) electrons. The van der Waals surface area contributed by atoms with Crippen molar-refractivity contribution in [2.24, 2.45) is 11.8 Å². The third-order valence-corrected chi connectivity index (χ3v) is 5.50. The van der Waals surface area contributed by atoms with E-state index in [1.165, 1.54) is 17.7 Å². The van der Waals surface area contributed by atoms with Crippen LogP contribution in [0.3, 0.4) is 0 Å². The normalized spacial score (nSPS) is 26.4. The fraction of sp³-hybridized carbons (Fsp3) is 0.400. The maximum atomic E-state index is 13.4. The predicted molar refractivity (Wildman–Crippen MR) is 97.7 cm³/mol. The molecule has 3 atom stereocenters. The van der Waals surface area contributed by atoms with Crippen LogP contribution in [0.4, 0.5) is 8.78 Å². The SMILES string of the molecule is CN1C[C@H]2CN(Cc3ccc(F)c(F)c3)C[C@H]2[C@@H]1c1ccccc1.Cl. The minimum Gasteiger partial charge on any atom is -0.299 e. The molecule has 134 valence electrons. The first-order valence-corrected chi connectivity index (χ1v) is 8.53. The molecule has 4 rings (SSSR count). The fourth-order valence-corrected chi connectivity index (χ4v) is 4.53. The lowest BCUT2D eigenvalue weighted by atomic mass is 9.90. The van der Waals surface area contributed by atoms with E-state index in [0.717, 1.165) is 25.2 Å². The average Bonchev–Trinajstić information content (AvgIpc) is 3.07. The summed E-state index contributed by atoms with van der Waals surface area (Å²) in [6.07, 6.45) is 0. The Hall–Kier alpha value is -1.49. The molecular weight excluding hydrogens is 342 g/mol. The Kier molecular flexibility index (Phi) is 5.42. The molecule has 0 spiro atoms. The minimum atomic E-state index is -0.775. The Morgan fingerprint density at radius 2 is 1.72 bits per heavy atom. The van der Waals surface area contributed by atoms with Crippen LogP contribution in [0.1, 0.15) is 17.2 Å². The van der Waals surface area contributed by atoms with E-state index in [1.807, 2.05) is 0 Å². The number of fused-ring (bicyclic) bond motifs is 1. The Morgan fingerprint density at radius 3 is 2.44 bits per heavy atom. The molecule has 2 heterocycles. The fourth-order valence-electron chi connectivity index (χ4n) is 4.53. The molecule has 5 heteroatoms. The van der Waals surface area contributed by atoms with E-state index in [-0.39, 0.29) is 12.4 Å². The van der Waals surface area contributed by atoms with Crippen LogP contribution in [0.15, 0.2) is 48.5 Å². The van der Waals surface area contributed by atoms with Crippen LogP contribution in [-0.4, -0.2) is 36.5 Å². The van der Waals surface area contributed by atoms with Crippen molar-refractivity contribution in [3.8, 4) is 0 Å². The maximum Gasteiger partial charge on any atom is 0.159 e. The Balaban J connectivity index is 0.00000182. The van der Waals surface area contributed by atoms with Crippen molar-refractivity contribution >= 4 is 12.4 Å². The zero-order chi connectivity index (χ0) is 16.7. The smallest absolute Gasteiger partial charge is 0.159 e. The molecule has 2 aliphatic rings. The molecule has 0 amide bonds. The van der Waals surface area contributed by atoms with Crippen LogP contribution in [0.25, 0.3) is 0 Å². The van der Waals surface area contributed by atoms with E-state index in [9.17, 15) is 8.78 Å². The van der Waals surface area contributed by atoms with Gasteiger partial charge >= 0.3 is 0 Å². The number of benzene rings is 2. The van der Waals surface area contributed by atoms with Crippen LogP contribution in [-0.2, 0) is 6.54 Å². The number of hydrogen-bond donors (Lipinski definition) is 0. The first-order chi connectivity index (χ1) is 11.6. The molecule has 0 aliphatic carbocycles. The molecule has 0 N–H and O–H groups in total. The van der Waals surface area contributed by atoms with Crippen LogP contribution < -0.4 is 0 Å². The van der Waals surface area contributed by atoms with Crippen molar-refractivity contribution in [3.05, 3.63) is 71.3 Å². The van der Waals surface area contributed by atoms with E-state index in [0.29, 0.717) is 24.4 Å². The highest BCUT2D eigenvalue weighted by atomic mass is 35.5. The summed E-state index contributed by atoms with van der Waals surface area (Å²) in [6.45, 7) is 3.82. The van der Waals surface area contributed by atoms with Crippen LogP contribution in [0.2, 0.25) is 0 Å². The summed E-state index contributed by atoms with van der Waals surface area (Å²) >= 11 is 0. The van der Waals surface area contributed by atoms with Gasteiger partial charge in [0.25, 0.3) is 0 Å². The van der Waals surface area contributed by atoms with Gasteiger partial charge in [0.05, 0.1) is 0 Å². The molecule has 0 bridgehead atoms. The maximum absolute atomic E-state index is 13.4. The van der Waals surface area contributed by atoms with Crippen molar-refractivity contribution in [1.29, 1.82) is 0 Å². The summed E-state index contributed by atoms with van der Waals surface area (Å²) in [6, 6.07) is 15.4. The van der Waals surface area contributed by atoms with Gasteiger partial charge in [0.1, 0.15) is 0 Å². The largest absolute Gasteiger partial charge is 0.299 e. The van der Waals surface area contributed by atoms with Crippen molar-refractivity contribution < 1.29 is 8.78 Å². The van der Waals surface area contributed by atoms with Gasteiger partial charge in [0, 0.05) is 32.2 Å². The quantitative estimate of drug-likeness (QED) is 0.808. The summed E-state index contributed by atoms with van der Waals surface area (Å²) in [5.41, 5.74) is 2.22. The highest BCUT2D eigenvalue weighted by Crippen LogP contribution is 2.44. The van der Waals surface area contributed by atoms with Crippen molar-refractivity contribution in [2.75, 3.05) is 26.7 Å². The van der Waals surface area contributed by atoms with Gasteiger partial charge in [-0.2, -0.15) is 0 Å². The van der Waals surface area contributed by atoms with Crippen molar-refractivity contribution in [1.82, 2.24) is 9.80 Å². The van der Waals surface area contributed by atoms with E-state index >= 15 is 0 Å². The number of halogens is 3. The monoisotopic (exact) mass is 364 g/mol. The molecule has 0 unspecified atom stereocenters. The molecule has 2 saturated heterocycles. The first kappa shape index (κ1) is 18.3. The number of nitrogens with zero attached hydrogens (tertiary/aromatic N) is 2. The standard InChI is InChI=1S/C20H22F2N2.ClH/c1-23-11-16-12-24(10-14-7-8-18(21)19(22)9-14)13-17(16)20(23)15-5-3-2-4-6-15;/h2-9,16-17,20H,10-13H2,1H3;1H/t16-,17+,20-;/m0./s1. The Morgan fingerprint density at radius 1 is 0.960 bits per heavy atom. The zero-order valence-corrected chi connectivity index (χ0v) is 15.1. The van der Waals surface area contributed by atoms with Gasteiger partial charge in [0.2, 0.25) is 0 Å². The highest BCUT2D eigenvalue weighted by molar-refractivity contribution is 5.85. The van der Waals surface area contributed by atoms with Crippen LogP contribution >= 0.6 is 12.4 Å². The molecule has 2 fully saturated rings. The van der Waals surface area contributed by atoms with Gasteiger partial charge in [-0.25, -0.2) is 8.78 Å². The second-order valence-electron chi connectivity index (χ2n) is 7.16. The molecule has 2 aliphatic heterocycles. The molecular formula is C20H23ClF2N2. The number of likely N-dealkylation sites (tertiary alicyclic amines) is 2. The third-order valence-electron chi connectivity index (χ3n) is 5.50. The zero-order valence-electron chi connectivity index (χ0n) is 14.2. The van der Waals surface area contributed by atoms with Gasteiger partial charge in [-0.3, -0.25) is 9.80 Å². The molecule has 2 aromatic carbocycles. The lowest BCUT2D eigenvalue weighted by Gasteiger charge is -2.26. The third kappa shape index (κ3) is 3.57. The van der Waals surface area contributed by atoms with E-state index in [1.54, 1.807) is 6.07 Å². The second-order valence-corrected chi connectivity index (χ2v) is 7.16. The summed E-state index contributed by atoms with van der Waals surface area (Å²) in [5.74, 6) is -0.287. The van der Waals surface area contributed by atoms with Gasteiger partial charge in [-0.05, 0) is 42.1 Å². The van der Waals surface area contributed by atoms with Crippen molar-refractivity contribution in [2.45, 2.75) is 12.6 Å². The number of hydrogen-bond acceptors (Lipinski definition) is 2. The van der Waals surface area contributed by atoms with Crippen LogP contribution in [0.5, 0.6) is 0 Å². The molecule has 2 aromatic rings. The van der Waals surface area contributed by atoms with Crippen molar-refractivity contribution in [3.63, 3.8) is 0 Å².